The molecule has 1 aromatic carbocycles. The molecule has 1 aliphatic heterocycles. The van der Waals surface area contributed by atoms with Crippen LogP contribution in [-0.2, 0) is 0 Å². The van der Waals surface area contributed by atoms with E-state index in [1.54, 1.807) is 6.07 Å². The van der Waals surface area contributed by atoms with Crippen LogP contribution in [0.4, 0.5) is 0 Å². The second-order valence-electron chi connectivity index (χ2n) is 4.61. The predicted molar refractivity (Wildman–Crippen MR) is 69.3 cm³/mol. The highest BCUT2D eigenvalue weighted by molar-refractivity contribution is 6.31. The van der Waals surface area contributed by atoms with E-state index in [4.69, 9.17) is 17.3 Å². The maximum Gasteiger partial charge on any atom is 0.253 e. The lowest BCUT2D eigenvalue weighted by Crippen LogP contribution is -2.29. The number of nitrogens with two attached hydrogens (primary N) is 1. The van der Waals surface area contributed by atoms with Crippen LogP contribution >= 0.6 is 11.6 Å². The number of nitrogens with zero attached hydrogens (tertiary/aromatic N) is 1. The minimum absolute atomic E-state index is 0.0582. The van der Waals surface area contributed by atoms with Crippen LogP contribution < -0.4 is 5.73 Å². The lowest BCUT2D eigenvalue weighted by Gasteiger charge is -2.16. The van der Waals surface area contributed by atoms with Gasteiger partial charge in [-0.15, -0.1) is 0 Å². The first-order chi connectivity index (χ1) is 8.11. The highest BCUT2D eigenvalue weighted by atomic mass is 35.5. The third-order valence-corrected chi connectivity index (χ3v) is 3.73. The quantitative estimate of drug-likeness (QED) is 0.876. The summed E-state index contributed by atoms with van der Waals surface area (Å²) in [7, 11) is 0. The van der Waals surface area contributed by atoms with Crippen LogP contribution in [0.5, 0.6) is 0 Å². The van der Waals surface area contributed by atoms with E-state index in [1.165, 1.54) is 0 Å². The molecule has 1 atom stereocenters. The van der Waals surface area contributed by atoms with Gasteiger partial charge < -0.3 is 10.6 Å². The summed E-state index contributed by atoms with van der Waals surface area (Å²) >= 11 is 6.03. The number of benzene rings is 1. The van der Waals surface area contributed by atoms with Gasteiger partial charge in [0.15, 0.2) is 0 Å². The highest BCUT2D eigenvalue weighted by Gasteiger charge is 2.26. The number of carbonyl (C=O) groups excluding carboxylic acids is 1. The monoisotopic (exact) mass is 252 g/mol. The third-order valence-electron chi connectivity index (χ3n) is 3.33. The Balaban J connectivity index is 2.12. The summed E-state index contributed by atoms with van der Waals surface area (Å²) in [5, 5.41) is 0.644. The fourth-order valence-electron chi connectivity index (χ4n) is 2.12. The van der Waals surface area contributed by atoms with Gasteiger partial charge in [0, 0.05) is 23.7 Å². The third kappa shape index (κ3) is 2.61. The van der Waals surface area contributed by atoms with Crippen LogP contribution in [0.2, 0.25) is 5.02 Å². The van der Waals surface area contributed by atoms with Crippen LogP contribution in [0.15, 0.2) is 18.2 Å². The average Bonchev–Trinajstić information content (AvgIpc) is 2.80. The summed E-state index contributed by atoms with van der Waals surface area (Å²) in [5.41, 5.74) is 7.28. The number of carbonyl (C=O) groups is 1. The van der Waals surface area contributed by atoms with Crippen LogP contribution in [-0.4, -0.2) is 30.4 Å². The van der Waals surface area contributed by atoms with Crippen molar-refractivity contribution < 1.29 is 4.79 Å². The SMILES string of the molecule is Cc1ccc(C(=O)N2CC[C@H](CN)C2)cc1Cl. The smallest absolute Gasteiger partial charge is 0.253 e. The molecule has 3 nitrogen and oxygen atoms in total. The van der Waals surface area contributed by atoms with E-state index in [2.05, 4.69) is 0 Å². The van der Waals surface area contributed by atoms with Gasteiger partial charge in [0.2, 0.25) is 0 Å². The molecule has 92 valence electrons. The molecule has 0 radical (unpaired) electrons. The van der Waals surface area contributed by atoms with Crippen molar-refractivity contribution in [2.24, 2.45) is 11.7 Å². The van der Waals surface area contributed by atoms with Crippen LogP contribution in [0, 0.1) is 12.8 Å². The molecule has 0 unspecified atom stereocenters. The Kier molecular flexibility index (Phi) is 3.69. The normalized spacial score (nSPS) is 19.7. The topological polar surface area (TPSA) is 46.3 Å². The number of aryl methyl sites for hydroxylation is 1. The second kappa shape index (κ2) is 5.07. The molecule has 0 bridgehead atoms. The Hall–Kier alpha value is -1.06. The second-order valence-corrected chi connectivity index (χ2v) is 5.01. The number of hydrogen-bond donors (Lipinski definition) is 1. The van der Waals surface area contributed by atoms with E-state index in [9.17, 15) is 4.79 Å². The maximum atomic E-state index is 12.2. The summed E-state index contributed by atoms with van der Waals surface area (Å²) in [4.78, 5) is 14.1. The highest BCUT2D eigenvalue weighted by Crippen LogP contribution is 2.21. The van der Waals surface area contributed by atoms with Crippen molar-refractivity contribution in [2.45, 2.75) is 13.3 Å². The first-order valence-corrected chi connectivity index (χ1v) is 6.25. The van der Waals surface area contributed by atoms with Crippen LogP contribution in [0.3, 0.4) is 0 Å². The van der Waals surface area contributed by atoms with Gasteiger partial charge in [-0.25, -0.2) is 0 Å². The van der Waals surface area contributed by atoms with E-state index in [0.29, 0.717) is 23.0 Å². The van der Waals surface area contributed by atoms with E-state index < -0.39 is 0 Å². The molecule has 1 heterocycles. The van der Waals surface area contributed by atoms with Gasteiger partial charge in [0.1, 0.15) is 0 Å². The number of rotatable bonds is 2. The van der Waals surface area contributed by atoms with Gasteiger partial charge in [-0.3, -0.25) is 4.79 Å². The van der Waals surface area contributed by atoms with Crippen molar-refractivity contribution in [2.75, 3.05) is 19.6 Å². The van der Waals surface area contributed by atoms with Gasteiger partial charge in [-0.2, -0.15) is 0 Å². The van der Waals surface area contributed by atoms with Gasteiger partial charge in [0.05, 0.1) is 0 Å². The largest absolute Gasteiger partial charge is 0.338 e. The molecule has 0 aromatic heterocycles. The number of halogens is 1. The lowest BCUT2D eigenvalue weighted by atomic mass is 10.1. The predicted octanol–water partition coefficient (Wildman–Crippen LogP) is 2.07. The molecule has 1 amide bonds. The van der Waals surface area contributed by atoms with Crippen molar-refractivity contribution in [1.29, 1.82) is 0 Å². The van der Waals surface area contributed by atoms with Crippen LogP contribution in [0.25, 0.3) is 0 Å². The zero-order valence-electron chi connectivity index (χ0n) is 9.95. The standard InChI is InChI=1S/C13H17ClN2O/c1-9-2-3-11(6-12(9)14)13(17)16-5-4-10(7-15)8-16/h2-3,6,10H,4-5,7-8,15H2,1H3/t10-/m1/s1. The Morgan fingerprint density at radius 2 is 2.35 bits per heavy atom. The molecule has 0 aliphatic carbocycles. The van der Waals surface area contributed by atoms with Gasteiger partial charge in [-0.1, -0.05) is 17.7 Å². The first-order valence-electron chi connectivity index (χ1n) is 5.87. The molecular weight excluding hydrogens is 236 g/mol. The van der Waals surface area contributed by atoms with E-state index >= 15 is 0 Å². The Labute approximate surface area is 107 Å². The summed E-state index contributed by atoms with van der Waals surface area (Å²) in [6.45, 7) is 4.14. The average molecular weight is 253 g/mol. The number of hydrogen-bond acceptors (Lipinski definition) is 2. The molecule has 17 heavy (non-hydrogen) atoms. The molecule has 1 aliphatic rings. The maximum absolute atomic E-state index is 12.2. The molecule has 1 saturated heterocycles. The molecule has 1 aromatic rings. The summed E-state index contributed by atoms with van der Waals surface area (Å²) < 4.78 is 0. The minimum Gasteiger partial charge on any atom is -0.338 e. The zero-order chi connectivity index (χ0) is 12.4. The fourth-order valence-corrected chi connectivity index (χ4v) is 2.30. The van der Waals surface area contributed by atoms with Crippen molar-refractivity contribution in [3.8, 4) is 0 Å². The molecule has 2 rings (SSSR count). The van der Waals surface area contributed by atoms with E-state index in [1.807, 2.05) is 24.0 Å². The van der Waals surface area contributed by atoms with Gasteiger partial charge in [0.25, 0.3) is 5.91 Å². The fraction of sp³-hybridized carbons (Fsp3) is 0.462. The van der Waals surface area contributed by atoms with Crippen LogP contribution in [0.1, 0.15) is 22.3 Å². The molecule has 0 spiro atoms. The number of amides is 1. The van der Waals surface area contributed by atoms with Crippen molar-refractivity contribution >= 4 is 17.5 Å². The van der Waals surface area contributed by atoms with E-state index in [0.717, 1.165) is 25.1 Å². The molecular formula is C13H17ClN2O. The van der Waals surface area contributed by atoms with Crippen molar-refractivity contribution in [3.63, 3.8) is 0 Å². The van der Waals surface area contributed by atoms with E-state index in [-0.39, 0.29) is 5.91 Å². The Morgan fingerprint density at radius 3 is 2.94 bits per heavy atom. The summed E-state index contributed by atoms with van der Waals surface area (Å²) in [6.07, 6.45) is 1.00. The number of likely N-dealkylation sites (tertiary alicyclic amines) is 1. The first kappa shape index (κ1) is 12.4. The lowest BCUT2D eigenvalue weighted by molar-refractivity contribution is 0.0787. The van der Waals surface area contributed by atoms with Gasteiger partial charge >= 0.3 is 0 Å². The molecule has 1 fully saturated rings. The molecule has 0 saturated carbocycles. The molecule has 2 N–H and O–H groups in total. The minimum atomic E-state index is 0.0582. The summed E-state index contributed by atoms with van der Waals surface area (Å²) in [6, 6.07) is 5.46. The Morgan fingerprint density at radius 1 is 1.59 bits per heavy atom. The summed E-state index contributed by atoms with van der Waals surface area (Å²) in [5.74, 6) is 0.503. The zero-order valence-corrected chi connectivity index (χ0v) is 10.7. The van der Waals surface area contributed by atoms with Crippen molar-refractivity contribution in [3.05, 3.63) is 34.3 Å². The Bertz CT molecular complexity index is 433. The van der Waals surface area contributed by atoms with Gasteiger partial charge in [-0.05, 0) is 43.5 Å². The molecule has 4 heteroatoms. The van der Waals surface area contributed by atoms with Crippen molar-refractivity contribution in [1.82, 2.24) is 4.90 Å².